The second kappa shape index (κ2) is 6.76. The molecule has 0 aliphatic heterocycles. The summed E-state index contributed by atoms with van der Waals surface area (Å²) >= 11 is 13.9. The van der Waals surface area contributed by atoms with Crippen molar-refractivity contribution in [2.75, 3.05) is 6.54 Å². The molecule has 0 aliphatic carbocycles. The Morgan fingerprint density at radius 1 is 1.21 bits per heavy atom. The molecule has 0 spiro atoms. The van der Waals surface area contributed by atoms with E-state index in [2.05, 4.69) is 29.9 Å². The van der Waals surface area contributed by atoms with Crippen LogP contribution in [0.4, 0.5) is 0 Å². The van der Waals surface area contributed by atoms with Crippen LogP contribution in [0.15, 0.2) is 29.0 Å². The minimum atomic E-state index is 0.181. The number of hydrogen-bond acceptors (Lipinski definition) is 2. The molecular weight excluding hydrogens is 297 g/mol. The number of rotatable bonds is 5. The first-order valence-electron chi connectivity index (χ1n) is 6.34. The van der Waals surface area contributed by atoms with Crippen molar-refractivity contribution >= 4 is 34.5 Å². The summed E-state index contributed by atoms with van der Waals surface area (Å²) in [6.45, 7) is 5.28. The maximum atomic E-state index is 6.14. The van der Waals surface area contributed by atoms with Crippen molar-refractivity contribution < 1.29 is 0 Å². The Hall–Kier alpha value is -0.540. The molecule has 0 bridgehead atoms. The summed E-state index contributed by atoms with van der Waals surface area (Å²) in [5, 5.41) is 9.16. The van der Waals surface area contributed by atoms with E-state index in [0.29, 0.717) is 10.0 Å². The molecule has 1 atom stereocenters. The average molecular weight is 314 g/mol. The van der Waals surface area contributed by atoms with Crippen molar-refractivity contribution in [2.45, 2.75) is 26.3 Å². The lowest BCUT2D eigenvalue weighted by molar-refractivity contribution is 0.598. The number of aryl methyl sites for hydroxylation is 1. The van der Waals surface area contributed by atoms with Gasteiger partial charge in [-0.2, -0.15) is 11.3 Å². The van der Waals surface area contributed by atoms with Crippen LogP contribution in [0, 0.1) is 6.92 Å². The van der Waals surface area contributed by atoms with Crippen LogP contribution in [0.5, 0.6) is 0 Å². The molecule has 1 aromatic heterocycles. The van der Waals surface area contributed by atoms with Crippen molar-refractivity contribution in [1.82, 2.24) is 5.32 Å². The molecule has 2 rings (SSSR count). The number of thiophene rings is 1. The fraction of sp³-hybridized carbons (Fsp3) is 0.333. The fourth-order valence-corrected chi connectivity index (χ4v) is 3.24. The van der Waals surface area contributed by atoms with E-state index in [-0.39, 0.29) is 6.04 Å². The van der Waals surface area contributed by atoms with E-state index in [4.69, 9.17) is 23.2 Å². The zero-order chi connectivity index (χ0) is 13.8. The van der Waals surface area contributed by atoms with E-state index in [1.165, 1.54) is 11.1 Å². The van der Waals surface area contributed by atoms with Gasteiger partial charge >= 0.3 is 0 Å². The third kappa shape index (κ3) is 3.51. The average Bonchev–Trinajstić information content (AvgIpc) is 2.80. The van der Waals surface area contributed by atoms with Gasteiger partial charge in [-0.3, -0.25) is 0 Å². The van der Waals surface area contributed by atoms with Crippen LogP contribution in [0.25, 0.3) is 0 Å². The van der Waals surface area contributed by atoms with Crippen LogP contribution in [0.3, 0.4) is 0 Å². The summed E-state index contributed by atoms with van der Waals surface area (Å²) in [6, 6.07) is 6.04. The Balaban J connectivity index is 2.37. The molecule has 1 unspecified atom stereocenters. The smallest absolute Gasteiger partial charge is 0.0595 e. The highest BCUT2D eigenvalue weighted by molar-refractivity contribution is 7.08. The Bertz CT molecular complexity index is 551. The molecule has 1 N–H and O–H groups in total. The van der Waals surface area contributed by atoms with Crippen LogP contribution in [0.2, 0.25) is 10.0 Å². The Labute approximate surface area is 128 Å². The normalized spacial score (nSPS) is 12.6. The van der Waals surface area contributed by atoms with Gasteiger partial charge in [0.2, 0.25) is 0 Å². The minimum absolute atomic E-state index is 0.181. The first kappa shape index (κ1) is 14.9. The highest BCUT2D eigenvalue weighted by Crippen LogP contribution is 2.31. The first-order chi connectivity index (χ1) is 9.13. The van der Waals surface area contributed by atoms with Crippen molar-refractivity contribution in [3.05, 3.63) is 55.7 Å². The first-order valence-corrected chi connectivity index (χ1v) is 8.04. The van der Waals surface area contributed by atoms with Gasteiger partial charge < -0.3 is 5.32 Å². The van der Waals surface area contributed by atoms with E-state index >= 15 is 0 Å². The minimum Gasteiger partial charge on any atom is -0.306 e. The molecular formula is C15H17Cl2NS. The molecule has 1 heterocycles. The molecule has 0 saturated heterocycles. The monoisotopic (exact) mass is 313 g/mol. The van der Waals surface area contributed by atoms with Crippen LogP contribution in [-0.4, -0.2) is 6.54 Å². The molecule has 1 aromatic carbocycles. The topological polar surface area (TPSA) is 12.0 Å². The van der Waals surface area contributed by atoms with Crippen LogP contribution in [-0.2, 0) is 0 Å². The quantitative estimate of drug-likeness (QED) is 0.773. The van der Waals surface area contributed by atoms with Gasteiger partial charge in [-0.05, 0) is 59.5 Å². The Morgan fingerprint density at radius 2 is 2.00 bits per heavy atom. The summed E-state index contributed by atoms with van der Waals surface area (Å²) in [7, 11) is 0. The van der Waals surface area contributed by atoms with E-state index in [1.807, 2.05) is 18.2 Å². The van der Waals surface area contributed by atoms with Gasteiger partial charge in [-0.25, -0.2) is 0 Å². The summed E-state index contributed by atoms with van der Waals surface area (Å²) in [6.07, 6.45) is 1.10. The molecule has 0 fully saturated rings. The second-order valence-electron chi connectivity index (χ2n) is 4.57. The number of nitrogens with one attached hydrogen (secondary N) is 1. The van der Waals surface area contributed by atoms with Crippen molar-refractivity contribution in [3.63, 3.8) is 0 Å². The van der Waals surface area contributed by atoms with Crippen LogP contribution >= 0.6 is 34.5 Å². The number of benzene rings is 1. The predicted molar refractivity (Wildman–Crippen MR) is 85.7 cm³/mol. The molecule has 1 nitrogen and oxygen atoms in total. The van der Waals surface area contributed by atoms with Gasteiger partial charge in [-0.1, -0.05) is 36.2 Å². The van der Waals surface area contributed by atoms with E-state index in [0.717, 1.165) is 18.5 Å². The standard InChI is InChI=1S/C15H17Cl2NS/c1-3-6-18-15(12-9-19-8-10(12)2)11-4-5-13(16)14(17)7-11/h4-5,7-9,15,18H,3,6H2,1-2H3. The third-order valence-electron chi connectivity index (χ3n) is 3.08. The van der Waals surface area contributed by atoms with Gasteiger partial charge in [0, 0.05) is 0 Å². The zero-order valence-electron chi connectivity index (χ0n) is 11.0. The third-order valence-corrected chi connectivity index (χ3v) is 4.70. The van der Waals surface area contributed by atoms with Gasteiger partial charge in [0.1, 0.15) is 0 Å². The molecule has 19 heavy (non-hydrogen) atoms. The van der Waals surface area contributed by atoms with Crippen molar-refractivity contribution in [3.8, 4) is 0 Å². The lowest BCUT2D eigenvalue weighted by Crippen LogP contribution is -2.23. The van der Waals surface area contributed by atoms with Crippen LogP contribution < -0.4 is 5.32 Å². The van der Waals surface area contributed by atoms with Crippen molar-refractivity contribution in [1.29, 1.82) is 0 Å². The summed E-state index contributed by atoms with van der Waals surface area (Å²) < 4.78 is 0. The van der Waals surface area contributed by atoms with E-state index in [9.17, 15) is 0 Å². The molecule has 4 heteroatoms. The Morgan fingerprint density at radius 3 is 2.58 bits per heavy atom. The molecule has 0 saturated carbocycles. The highest BCUT2D eigenvalue weighted by atomic mass is 35.5. The SMILES string of the molecule is CCCNC(c1ccc(Cl)c(Cl)c1)c1cscc1C. The maximum absolute atomic E-state index is 6.14. The number of halogens is 2. The zero-order valence-corrected chi connectivity index (χ0v) is 13.4. The highest BCUT2D eigenvalue weighted by Gasteiger charge is 2.17. The van der Waals surface area contributed by atoms with Crippen LogP contribution in [0.1, 0.15) is 36.1 Å². The second-order valence-corrected chi connectivity index (χ2v) is 6.13. The van der Waals surface area contributed by atoms with Gasteiger partial charge in [0.15, 0.2) is 0 Å². The van der Waals surface area contributed by atoms with Gasteiger partial charge in [-0.15, -0.1) is 0 Å². The number of hydrogen-bond donors (Lipinski definition) is 1. The molecule has 0 amide bonds. The molecule has 102 valence electrons. The summed E-state index contributed by atoms with van der Waals surface area (Å²) in [4.78, 5) is 0. The molecule has 0 radical (unpaired) electrons. The maximum Gasteiger partial charge on any atom is 0.0595 e. The molecule has 0 aliphatic rings. The fourth-order valence-electron chi connectivity index (χ4n) is 2.05. The van der Waals surface area contributed by atoms with E-state index in [1.54, 1.807) is 11.3 Å². The predicted octanol–water partition coefficient (Wildman–Crippen LogP) is 5.45. The summed E-state index contributed by atoms with van der Waals surface area (Å²) in [5.74, 6) is 0. The largest absolute Gasteiger partial charge is 0.306 e. The lowest BCUT2D eigenvalue weighted by atomic mass is 9.98. The lowest BCUT2D eigenvalue weighted by Gasteiger charge is -2.20. The molecule has 2 aromatic rings. The summed E-state index contributed by atoms with van der Waals surface area (Å²) in [5.41, 5.74) is 3.78. The van der Waals surface area contributed by atoms with Gasteiger partial charge in [0.05, 0.1) is 16.1 Å². The van der Waals surface area contributed by atoms with Crippen molar-refractivity contribution in [2.24, 2.45) is 0 Å². The van der Waals surface area contributed by atoms with Gasteiger partial charge in [0.25, 0.3) is 0 Å². The van der Waals surface area contributed by atoms with E-state index < -0.39 is 0 Å². The Kier molecular flexibility index (Phi) is 5.28.